The third-order valence-corrected chi connectivity index (χ3v) is 2.94. The van der Waals surface area contributed by atoms with Crippen LogP contribution in [0.25, 0.3) is 5.69 Å². The molecule has 0 N–H and O–H groups in total. The zero-order valence-electron chi connectivity index (χ0n) is 10.3. The van der Waals surface area contributed by atoms with Gasteiger partial charge in [-0.15, -0.1) is 0 Å². The lowest BCUT2D eigenvalue weighted by Gasteiger charge is -2.02. The number of aromatic nitrogens is 3. The van der Waals surface area contributed by atoms with E-state index in [0.717, 1.165) is 11.4 Å². The van der Waals surface area contributed by atoms with Crippen molar-refractivity contribution in [3.05, 3.63) is 72.3 Å². The van der Waals surface area contributed by atoms with Gasteiger partial charge in [-0.05, 0) is 30.3 Å². The van der Waals surface area contributed by atoms with E-state index in [1.807, 2.05) is 64.1 Å². The van der Waals surface area contributed by atoms with Crippen LogP contribution in [0, 0.1) is 11.3 Å². The first kappa shape index (κ1) is 11.3. The van der Waals surface area contributed by atoms with Crippen molar-refractivity contribution in [2.24, 2.45) is 0 Å². The van der Waals surface area contributed by atoms with Crippen molar-refractivity contribution in [3.8, 4) is 11.8 Å². The molecule has 1 aromatic carbocycles. The van der Waals surface area contributed by atoms with Crippen molar-refractivity contribution in [2.45, 2.75) is 6.54 Å². The average molecular weight is 248 g/mol. The summed E-state index contributed by atoms with van der Waals surface area (Å²) in [6.45, 7) is 0.607. The number of hydrogen-bond acceptors (Lipinski definition) is 2. The normalized spacial score (nSPS) is 10.3. The molecule has 92 valence electrons. The molecule has 0 atom stereocenters. The van der Waals surface area contributed by atoms with Gasteiger partial charge in [-0.2, -0.15) is 10.4 Å². The minimum absolute atomic E-state index is 0.607. The molecule has 0 bridgehead atoms. The maximum atomic E-state index is 8.97. The quantitative estimate of drug-likeness (QED) is 0.715. The molecular weight excluding hydrogens is 236 g/mol. The number of nitrogens with zero attached hydrogens (tertiary/aromatic N) is 4. The Morgan fingerprint density at radius 1 is 1.00 bits per heavy atom. The summed E-state index contributed by atoms with van der Waals surface area (Å²) in [5.41, 5.74) is 2.60. The first-order chi connectivity index (χ1) is 9.36. The molecule has 0 amide bonds. The lowest BCUT2D eigenvalue weighted by atomic mass is 10.3. The van der Waals surface area contributed by atoms with Crippen molar-refractivity contribution in [1.29, 1.82) is 5.26 Å². The zero-order chi connectivity index (χ0) is 13.1. The van der Waals surface area contributed by atoms with E-state index in [9.17, 15) is 0 Å². The summed E-state index contributed by atoms with van der Waals surface area (Å²) in [7, 11) is 0. The van der Waals surface area contributed by atoms with Gasteiger partial charge >= 0.3 is 0 Å². The highest BCUT2D eigenvalue weighted by Gasteiger charge is 2.04. The lowest BCUT2D eigenvalue weighted by Crippen LogP contribution is -2.02. The highest BCUT2D eigenvalue weighted by molar-refractivity contribution is 5.30. The third-order valence-electron chi connectivity index (χ3n) is 2.94. The van der Waals surface area contributed by atoms with Crippen LogP contribution < -0.4 is 0 Å². The summed E-state index contributed by atoms with van der Waals surface area (Å²) in [4.78, 5) is 0. The smallest absolute Gasteiger partial charge is 0.120 e. The van der Waals surface area contributed by atoms with E-state index >= 15 is 0 Å². The van der Waals surface area contributed by atoms with Gasteiger partial charge in [-0.1, -0.05) is 18.2 Å². The average Bonchev–Trinajstić information content (AvgIpc) is 3.09. The molecule has 2 heterocycles. The van der Waals surface area contributed by atoms with Crippen molar-refractivity contribution in [1.82, 2.24) is 14.3 Å². The second kappa shape index (κ2) is 4.83. The highest BCUT2D eigenvalue weighted by Crippen LogP contribution is 2.09. The number of hydrogen-bond donors (Lipinski definition) is 0. The fourth-order valence-corrected chi connectivity index (χ4v) is 2.00. The van der Waals surface area contributed by atoms with Crippen LogP contribution in [-0.4, -0.2) is 14.3 Å². The molecule has 4 heteroatoms. The van der Waals surface area contributed by atoms with Crippen LogP contribution in [0.1, 0.15) is 11.4 Å². The summed E-state index contributed by atoms with van der Waals surface area (Å²) in [6.07, 6.45) is 3.82. The predicted octanol–water partition coefficient (Wildman–Crippen LogP) is 2.59. The van der Waals surface area contributed by atoms with E-state index in [2.05, 4.69) is 11.2 Å². The largest absolute Gasteiger partial charge is 0.333 e. The molecule has 0 saturated heterocycles. The lowest BCUT2D eigenvalue weighted by molar-refractivity contribution is 0.742. The summed E-state index contributed by atoms with van der Waals surface area (Å²) >= 11 is 0. The van der Waals surface area contributed by atoms with Crippen molar-refractivity contribution >= 4 is 0 Å². The summed E-state index contributed by atoms with van der Waals surface area (Å²) in [6, 6.07) is 17.8. The van der Waals surface area contributed by atoms with Crippen molar-refractivity contribution in [3.63, 3.8) is 0 Å². The van der Waals surface area contributed by atoms with E-state index in [1.165, 1.54) is 0 Å². The van der Waals surface area contributed by atoms with Crippen LogP contribution in [0.3, 0.4) is 0 Å². The van der Waals surface area contributed by atoms with Crippen LogP contribution in [-0.2, 0) is 6.54 Å². The minimum Gasteiger partial charge on any atom is -0.333 e. The zero-order valence-corrected chi connectivity index (χ0v) is 10.3. The Labute approximate surface area is 111 Å². The Morgan fingerprint density at radius 2 is 1.84 bits per heavy atom. The number of rotatable bonds is 3. The van der Waals surface area contributed by atoms with Gasteiger partial charge in [0.05, 0.1) is 17.9 Å². The first-order valence-corrected chi connectivity index (χ1v) is 6.02. The van der Waals surface area contributed by atoms with Gasteiger partial charge in [0.2, 0.25) is 0 Å². The van der Waals surface area contributed by atoms with Gasteiger partial charge in [-0.3, -0.25) is 0 Å². The number of para-hydroxylation sites is 1. The maximum Gasteiger partial charge on any atom is 0.120 e. The summed E-state index contributed by atoms with van der Waals surface area (Å²) in [5.74, 6) is 0. The van der Waals surface area contributed by atoms with E-state index in [4.69, 9.17) is 5.26 Å². The second-order valence-electron chi connectivity index (χ2n) is 4.22. The molecule has 0 spiro atoms. The Bertz CT molecular complexity index is 716. The third kappa shape index (κ3) is 2.26. The van der Waals surface area contributed by atoms with Gasteiger partial charge in [-0.25, -0.2) is 4.68 Å². The van der Waals surface area contributed by atoms with Gasteiger partial charge in [0.15, 0.2) is 0 Å². The van der Waals surface area contributed by atoms with Crippen molar-refractivity contribution < 1.29 is 0 Å². The predicted molar refractivity (Wildman–Crippen MR) is 71.8 cm³/mol. The van der Waals surface area contributed by atoms with Crippen LogP contribution in [0.2, 0.25) is 0 Å². The van der Waals surface area contributed by atoms with Gasteiger partial charge < -0.3 is 4.57 Å². The minimum atomic E-state index is 0.607. The number of nitriles is 1. The highest BCUT2D eigenvalue weighted by atomic mass is 15.3. The molecule has 0 saturated carbocycles. The van der Waals surface area contributed by atoms with Crippen LogP contribution in [0.4, 0.5) is 0 Å². The second-order valence-corrected chi connectivity index (χ2v) is 4.22. The molecule has 0 aliphatic heterocycles. The molecule has 0 aliphatic rings. The van der Waals surface area contributed by atoms with E-state index in [1.54, 1.807) is 6.07 Å². The van der Waals surface area contributed by atoms with E-state index in [0.29, 0.717) is 12.2 Å². The molecule has 3 rings (SSSR count). The molecule has 0 aliphatic carbocycles. The molecule has 0 fully saturated rings. The van der Waals surface area contributed by atoms with Gasteiger partial charge in [0.25, 0.3) is 0 Å². The summed E-state index contributed by atoms with van der Waals surface area (Å²) in [5, 5.41) is 13.5. The molecule has 4 nitrogen and oxygen atoms in total. The Balaban J connectivity index is 1.85. The number of benzene rings is 1. The monoisotopic (exact) mass is 248 g/mol. The Morgan fingerprint density at radius 3 is 2.63 bits per heavy atom. The molecule has 19 heavy (non-hydrogen) atoms. The fourth-order valence-electron chi connectivity index (χ4n) is 2.00. The van der Waals surface area contributed by atoms with Gasteiger partial charge in [0, 0.05) is 12.4 Å². The SMILES string of the molecule is N#Cc1cccn1Cc1ccn(-c2ccccc2)n1. The topological polar surface area (TPSA) is 46.5 Å². The van der Waals surface area contributed by atoms with E-state index in [-0.39, 0.29) is 0 Å². The van der Waals surface area contributed by atoms with Crippen LogP contribution in [0.5, 0.6) is 0 Å². The molecular formula is C15H12N4. The Hall–Kier alpha value is -2.80. The fraction of sp³-hybridized carbons (Fsp3) is 0.0667. The standard InChI is InChI=1S/C15H12N4/c16-11-15-7-4-9-18(15)12-13-8-10-19(17-13)14-5-2-1-3-6-14/h1-10H,12H2. The maximum absolute atomic E-state index is 8.97. The van der Waals surface area contributed by atoms with Crippen LogP contribution >= 0.6 is 0 Å². The molecule has 2 aromatic heterocycles. The molecule has 3 aromatic rings. The van der Waals surface area contributed by atoms with E-state index < -0.39 is 0 Å². The van der Waals surface area contributed by atoms with Gasteiger partial charge in [0.1, 0.15) is 11.8 Å². The molecule has 0 unspecified atom stereocenters. The first-order valence-electron chi connectivity index (χ1n) is 6.02. The Kier molecular flexibility index (Phi) is 2.87. The van der Waals surface area contributed by atoms with Crippen molar-refractivity contribution in [2.75, 3.05) is 0 Å². The molecule has 0 radical (unpaired) electrons. The van der Waals surface area contributed by atoms with Crippen LogP contribution in [0.15, 0.2) is 60.9 Å². The summed E-state index contributed by atoms with van der Waals surface area (Å²) < 4.78 is 3.72.